The number of rotatable bonds is 3. The fraction of sp³-hybridized carbons (Fsp3) is 0.150. The van der Waals surface area contributed by atoms with Crippen LogP contribution in [0, 0.1) is 6.92 Å². The number of amides is 4. The second-order valence-electron chi connectivity index (χ2n) is 5.89. The molecule has 4 amide bonds. The Hall–Kier alpha value is -3.21. The van der Waals surface area contributed by atoms with E-state index in [1.54, 1.807) is 12.1 Å². The summed E-state index contributed by atoms with van der Waals surface area (Å²) in [6.45, 7) is 3.98. The number of hydrogen-bond donors (Lipinski definition) is 1. The van der Waals surface area contributed by atoms with Crippen LogP contribution in [0.25, 0.3) is 6.08 Å². The predicted octanol–water partition coefficient (Wildman–Crippen LogP) is 3.22. The fourth-order valence-electron chi connectivity index (χ4n) is 2.60. The van der Waals surface area contributed by atoms with Crippen molar-refractivity contribution in [2.24, 2.45) is 0 Å². The molecule has 0 aliphatic carbocycles. The molecule has 0 bridgehead atoms. The van der Waals surface area contributed by atoms with Crippen molar-refractivity contribution < 1.29 is 14.4 Å². The normalized spacial score (nSPS) is 16.3. The van der Waals surface area contributed by atoms with Crippen LogP contribution in [0.1, 0.15) is 23.6 Å². The van der Waals surface area contributed by atoms with Crippen LogP contribution in [-0.4, -0.2) is 17.8 Å². The highest BCUT2D eigenvalue weighted by Gasteiger charge is 2.36. The SMILES string of the molecule is CCc1ccc(N2C(=O)NC(=O)/C(=C/c3ccc(C)cc3)C2=O)cc1. The van der Waals surface area contributed by atoms with E-state index in [1.165, 1.54) is 6.08 Å². The van der Waals surface area contributed by atoms with Gasteiger partial charge in [0.25, 0.3) is 11.8 Å². The van der Waals surface area contributed by atoms with Crippen molar-refractivity contribution in [2.75, 3.05) is 4.90 Å². The van der Waals surface area contributed by atoms with E-state index in [0.717, 1.165) is 28.0 Å². The molecule has 1 N–H and O–H groups in total. The molecule has 0 saturated carbocycles. The van der Waals surface area contributed by atoms with Gasteiger partial charge in [0.1, 0.15) is 5.57 Å². The number of aryl methyl sites for hydroxylation is 2. The zero-order valence-corrected chi connectivity index (χ0v) is 14.1. The van der Waals surface area contributed by atoms with Gasteiger partial charge in [0, 0.05) is 0 Å². The maximum atomic E-state index is 12.7. The maximum absolute atomic E-state index is 12.7. The Morgan fingerprint density at radius 3 is 2.20 bits per heavy atom. The van der Waals surface area contributed by atoms with Crippen LogP contribution in [-0.2, 0) is 16.0 Å². The molecular formula is C20H18N2O3. The highest BCUT2D eigenvalue weighted by molar-refractivity contribution is 6.39. The summed E-state index contributed by atoms with van der Waals surface area (Å²) in [6.07, 6.45) is 2.36. The lowest BCUT2D eigenvalue weighted by molar-refractivity contribution is -0.122. The number of carbonyl (C=O) groups excluding carboxylic acids is 3. The summed E-state index contributed by atoms with van der Waals surface area (Å²) >= 11 is 0. The number of urea groups is 1. The first-order chi connectivity index (χ1) is 12.0. The van der Waals surface area contributed by atoms with E-state index in [2.05, 4.69) is 5.32 Å². The Balaban J connectivity index is 1.97. The highest BCUT2D eigenvalue weighted by atomic mass is 16.2. The van der Waals surface area contributed by atoms with Crippen LogP contribution >= 0.6 is 0 Å². The van der Waals surface area contributed by atoms with Crippen LogP contribution < -0.4 is 10.2 Å². The molecule has 1 fully saturated rings. The molecule has 1 aliphatic rings. The van der Waals surface area contributed by atoms with Crippen LogP contribution in [0.5, 0.6) is 0 Å². The molecule has 0 atom stereocenters. The molecule has 25 heavy (non-hydrogen) atoms. The van der Waals surface area contributed by atoms with Gasteiger partial charge >= 0.3 is 6.03 Å². The third kappa shape index (κ3) is 3.35. The van der Waals surface area contributed by atoms with Crippen molar-refractivity contribution in [3.8, 4) is 0 Å². The van der Waals surface area contributed by atoms with Crippen molar-refractivity contribution in [1.29, 1.82) is 0 Å². The molecule has 5 heteroatoms. The van der Waals surface area contributed by atoms with E-state index < -0.39 is 17.8 Å². The average Bonchev–Trinajstić information content (AvgIpc) is 2.60. The average molecular weight is 334 g/mol. The number of anilines is 1. The van der Waals surface area contributed by atoms with E-state index in [-0.39, 0.29) is 5.57 Å². The van der Waals surface area contributed by atoms with Gasteiger partial charge in [0.05, 0.1) is 5.69 Å². The molecule has 2 aromatic carbocycles. The summed E-state index contributed by atoms with van der Waals surface area (Å²) < 4.78 is 0. The van der Waals surface area contributed by atoms with Crippen LogP contribution in [0.4, 0.5) is 10.5 Å². The van der Waals surface area contributed by atoms with E-state index in [9.17, 15) is 14.4 Å². The monoisotopic (exact) mass is 334 g/mol. The minimum Gasteiger partial charge on any atom is -0.273 e. The Morgan fingerprint density at radius 1 is 0.960 bits per heavy atom. The highest BCUT2D eigenvalue weighted by Crippen LogP contribution is 2.22. The van der Waals surface area contributed by atoms with Crippen molar-refractivity contribution in [3.63, 3.8) is 0 Å². The summed E-state index contributed by atoms with van der Waals surface area (Å²) in [4.78, 5) is 38.0. The fourth-order valence-corrected chi connectivity index (χ4v) is 2.60. The summed E-state index contributed by atoms with van der Waals surface area (Å²) in [5.74, 6) is -1.31. The molecule has 0 radical (unpaired) electrons. The number of barbiturate groups is 1. The zero-order valence-electron chi connectivity index (χ0n) is 14.1. The number of nitrogens with one attached hydrogen (secondary N) is 1. The number of hydrogen-bond acceptors (Lipinski definition) is 3. The third-order valence-electron chi connectivity index (χ3n) is 4.09. The zero-order chi connectivity index (χ0) is 18.0. The molecule has 126 valence electrons. The molecule has 1 saturated heterocycles. The van der Waals surface area contributed by atoms with E-state index in [1.807, 2.05) is 50.2 Å². The Morgan fingerprint density at radius 2 is 1.60 bits per heavy atom. The maximum Gasteiger partial charge on any atom is 0.335 e. The summed E-state index contributed by atoms with van der Waals surface area (Å²) in [5, 5.41) is 2.23. The quantitative estimate of drug-likeness (QED) is 0.692. The first-order valence-electron chi connectivity index (χ1n) is 8.06. The van der Waals surface area contributed by atoms with Crippen molar-refractivity contribution in [3.05, 3.63) is 70.8 Å². The van der Waals surface area contributed by atoms with Crippen molar-refractivity contribution >= 4 is 29.6 Å². The lowest BCUT2D eigenvalue weighted by Crippen LogP contribution is -2.54. The van der Waals surface area contributed by atoms with Gasteiger partial charge in [-0.05, 0) is 42.7 Å². The van der Waals surface area contributed by atoms with Crippen LogP contribution in [0.2, 0.25) is 0 Å². The number of imide groups is 2. The van der Waals surface area contributed by atoms with Gasteiger partial charge in [-0.1, -0.05) is 48.9 Å². The van der Waals surface area contributed by atoms with Gasteiger partial charge in [0.15, 0.2) is 0 Å². The van der Waals surface area contributed by atoms with Crippen molar-refractivity contribution in [2.45, 2.75) is 20.3 Å². The second kappa shape index (κ2) is 6.73. The van der Waals surface area contributed by atoms with E-state index in [0.29, 0.717) is 5.69 Å². The Kier molecular flexibility index (Phi) is 4.48. The second-order valence-corrected chi connectivity index (χ2v) is 5.89. The van der Waals surface area contributed by atoms with Gasteiger partial charge in [-0.15, -0.1) is 0 Å². The lowest BCUT2D eigenvalue weighted by Gasteiger charge is -2.26. The molecule has 3 rings (SSSR count). The molecule has 0 aromatic heterocycles. The number of carbonyl (C=O) groups is 3. The number of nitrogens with zero attached hydrogens (tertiary/aromatic N) is 1. The topological polar surface area (TPSA) is 66.5 Å². The molecule has 2 aromatic rings. The number of benzene rings is 2. The molecule has 0 spiro atoms. The largest absolute Gasteiger partial charge is 0.335 e. The van der Waals surface area contributed by atoms with Gasteiger partial charge in [-0.2, -0.15) is 0 Å². The van der Waals surface area contributed by atoms with Gasteiger partial charge in [-0.3, -0.25) is 14.9 Å². The van der Waals surface area contributed by atoms with Crippen molar-refractivity contribution in [1.82, 2.24) is 5.32 Å². The van der Waals surface area contributed by atoms with Crippen LogP contribution in [0.15, 0.2) is 54.1 Å². The van der Waals surface area contributed by atoms with E-state index in [4.69, 9.17) is 0 Å². The predicted molar refractivity (Wildman–Crippen MR) is 96.0 cm³/mol. The standard InChI is InChI=1S/C20H18N2O3/c1-3-14-8-10-16(11-9-14)22-19(24)17(18(23)21-20(22)25)12-15-6-4-13(2)5-7-15/h4-12H,3H2,1-2H3,(H,21,23,25)/b17-12-. The van der Waals surface area contributed by atoms with E-state index >= 15 is 0 Å². The minimum atomic E-state index is -0.736. The third-order valence-corrected chi connectivity index (χ3v) is 4.09. The van der Waals surface area contributed by atoms with Crippen LogP contribution in [0.3, 0.4) is 0 Å². The summed E-state index contributed by atoms with van der Waals surface area (Å²) in [7, 11) is 0. The molecule has 0 unspecified atom stereocenters. The summed E-state index contributed by atoms with van der Waals surface area (Å²) in [6, 6.07) is 13.8. The Labute approximate surface area is 146 Å². The van der Waals surface area contributed by atoms with Gasteiger partial charge < -0.3 is 0 Å². The molecule has 1 heterocycles. The van der Waals surface area contributed by atoms with Gasteiger partial charge in [0.2, 0.25) is 0 Å². The first kappa shape index (κ1) is 16.6. The smallest absolute Gasteiger partial charge is 0.273 e. The molecule has 1 aliphatic heterocycles. The Bertz CT molecular complexity index is 865. The first-order valence-corrected chi connectivity index (χ1v) is 8.06. The lowest BCUT2D eigenvalue weighted by atomic mass is 10.1. The summed E-state index contributed by atoms with van der Waals surface area (Å²) in [5.41, 5.74) is 3.26. The molecule has 5 nitrogen and oxygen atoms in total. The minimum absolute atomic E-state index is 0.0666. The van der Waals surface area contributed by atoms with Gasteiger partial charge in [-0.25, -0.2) is 9.69 Å². The molecular weight excluding hydrogens is 316 g/mol.